The maximum absolute atomic E-state index is 15.5. The van der Waals surface area contributed by atoms with Crippen molar-refractivity contribution in [1.82, 2.24) is 21.3 Å². The third kappa shape index (κ3) is 16.7. The Bertz CT molecular complexity index is 1130. The molecule has 0 aliphatic carbocycles. The molecule has 50 heavy (non-hydrogen) atoms. The van der Waals surface area contributed by atoms with Crippen molar-refractivity contribution < 1.29 is 52.7 Å². The summed E-state index contributed by atoms with van der Waals surface area (Å²) in [5.74, 6) is -10.3. The van der Waals surface area contributed by atoms with E-state index in [1.807, 2.05) is 6.92 Å². The van der Waals surface area contributed by atoms with E-state index in [2.05, 4.69) is 21.3 Å². The molecule has 7 N–H and O–H groups in total. The first kappa shape index (κ1) is 46.8. The molecule has 0 spiro atoms. The Morgan fingerprint density at radius 2 is 1.42 bits per heavy atom. The number of aliphatic hydroxyl groups is 1. The number of nitrogens with two attached hydrogens (primary N) is 1. The maximum Gasteiger partial charge on any atom is 0.351 e. The van der Waals surface area contributed by atoms with Crippen LogP contribution >= 0.6 is 0 Å². The van der Waals surface area contributed by atoms with Gasteiger partial charge in [-0.2, -0.15) is 8.78 Å². The van der Waals surface area contributed by atoms with E-state index in [0.29, 0.717) is 19.4 Å². The minimum atomic E-state index is -4.38. The molecule has 0 radical (unpaired) electrons. The lowest BCUT2D eigenvalue weighted by atomic mass is 9.93. The number of amides is 5. The van der Waals surface area contributed by atoms with Crippen LogP contribution in [0.3, 0.4) is 0 Å². The third-order valence-electron chi connectivity index (χ3n) is 8.00. The molecular weight excluding hydrogens is 656 g/mol. The van der Waals surface area contributed by atoms with Crippen molar-refractivity contribution >= 4 is 35.5 Å². The second-order valence-electron chi connectivity index (χ2n) is 14.7. The summed E-state index contributed by atoms with van der Waals surface area (Å²) in [6.45, 7) is 19.1. The van der Waals surface area contributed by atoms with Crippen LogP contribution in [0.1, 0.15) is 121 Å². The molecule has 0 saturated heterocycles. The highest BCUT2D eigenvalue weighted by atomic mass is 19.3. The average molecular weight is 721 g/mol. The van der Waals surface area contributed by atoms with Crippen LogP contribution in [0, 0.1) is 17.8 Å². The fraction of sp³-hybridized carbons (Fsp3) is 0.829. The van der Waals surface area contributed by atoms with Crippen molar-refractivity contribution in [2.75, 3.05) is 6.54 Å². The molecule has 0 rings (SSSR count). The number of ether oxygens (including phenoxy) is 1. The van der Waals surface area contributed by atoms with Crippen LogP contribution in [-0.4, -0.2) is 89.0 Å². The first-order chi connectivity index (χ1) is 23.0. The number of primary amides is 1. The number of aliphatic hydroxyl groups excluding tert-OH is 1. The van der Waals surface area contributed by atoms with E-state index in [0.717, 1.165) is 0 Å². The normalized spacial score (nSPS) is 15.7. The summed E-state index contributed by atoms with van der Waals surface area (Å²) < 4.78 is 36.2. The lowest BCUT2D eigenvalue weighted by molar-refractivity contribution is -0.566. The molecule has 0 saturated carbocycles. The number of alkyl halides is 2. The smallest absolute Gasteiger partial charge is 0.351 e. The first-order valence-corrected chi connectivity index (χ1v) is 17.9. The van der Waals surface area contributed by atoms with Crippen molar-refractivity contribution in [2.24, 2.45) is 17.8 Å². The van der Waals surface area contributed by atoms with Gasteiger partial charge in [-0.1, -0.05) is 61.3 Å². The van der Waals surface area contributed by atoms with Crippen molar-refractivity contribution in [3.63, 3.8) is 0 Å². The van der Waals surface area contributed by atoms with E-state index in [-0.39, 0.29) is 43.9 Å². The Kier molecular flexibility index (Phi) is 20.5. The van der Waals surface area contributed by atoms with Crippen LogP contribution < -0.4 is 26.6 Å². The molecule has 0 fully saturated rings. The second-order valence-corrected chi connectivity index (χ2v) is 14.7. The lowest BCUT2D eigenvalue weighted by Crippen LogP contribution is -2.91. The van der Waals surface area contributed by atoms with E-state index in [4.69, 9.17) is 4.74 Å². The highest BCUT2D eigenvalue weighted by Gasteiger charge is 2.52. The molecule has 0 unspecified atom stereocenters. The van der Waals surface area contributed by atoms with Crippen LogP contribution in [0.2, 0.25) is 0 Å². The zero-order valence-corrected chi connectivity index (χ0v) is 31.9. The standard InChI is InChI=1S/C35H63F2N5O8/c1-12-16-23(39-32(48)28(22(8)13-2)41-25(43)17-15-18-26(44)50-34(9,10)11)30(46)40-24(19-20(4)5)29(45)35(36,37)33(49)42-27(21(6)7)31(47)38-14-3/h20-24,27-29,45H,12-19H2,1-11H3,(H,38,47)(H,39,48)(H,40,46)(H,41,43)(H,42,49)/p+1/t22-,23-,24-,27-,28-,29+/m0/s1. The largest absolute Gasteiger partial charge is 0.460 e. The van der Waals surface area contributed by atoms with Crippen molar-refractivity contribution in [3.8, 4) is 0 Å². The predicted molar refractivity (Wildman–Crippen MR) is 185 cm³/mol. The highest BCUT2D eigenvalue weighted by molar-refractivity contribution is 5.92. The first-order valence-electron chi connectivity index (χ1n) is 17.9. The predicted octanol–water partition coefficient (Wildman–Crippen LogP) is 2.09. The summed E-state index contributed by atoms with van der Waals surface area (Å²) in [6, 6.07) is -5.07. The number of esters is 1. The third-order valence-corrected chi connectivity index (χ3v) is 8.00. The molecule has 15 heteroatoms. The monoisotopic (exact) mass is 720 g/mol. The van der Waals surface area contributed by atoms with Crippen molar-refractivity contribution in [3.05, 3.63) is 0 Å². The number of halogens is 2. The van der Waals surface area contributed by atoms with Gasteiger partial charge in [0.15, 0.2) is 0 Å². The Balaban J connectivity index is 5.90. The molecule has 5 amide bonds. The number of carbonyl (C=O) groups is 6. The Labute approximate surface area is 296 Å². The Morgan fingerprint density at radius 3 is 1.90 bits per heavy atom. The van der Waals surface area contributed by atoms with Gasteiger partial charge in [-0.25, -0.2) is 4.79 Å². The van der Waals surface area contributed by atoms with Gasteiger partial charge < -0.3 is 31.1 Å². The Hall–Kier alpha value is -3.20. The molecule has 0 aromatic carbocycles. The zero-order valence-electron chi connectivity index (χ0n) is 31.9. The van der Waals surface area contributed by atoms with Crippen LogP contribution in [0.5, 0.6) is 0 Å². The van der Waals surface area contributed by atoms with Crippen LogP contribution in [0.15, 0.2) is 0 Å². The highest BCUT2D eigenvalue weighted by Crippen LogP contribution is 2.26. The number of likely N-dealkylation sites (N-methyl/N-ethyl adjacent to an activating group) is 1. The van der Waals surface area contributed by atoms with Gasteiger partial charge in [0.25, 0.3) is 5.91 Å². The molecule has 0 aliphatic rings. The minimum absolute atomic E-state index is 0.0155. The van der Waals surface area contributed by atoms with Crippen LogP contribution in [-0.2, 0) is 33.5 Å². The number of carbonyl (C=O) groups excluding carboxylic acids is 6. The number of quaternary nitrogens is 1. The summed E-state index contributed by atoms with van der Waals surface area (Å²) in [5.41, 5.74) is -0.658. The van der Waals surface area contributed by atoms with E-state index in [1.54, 1.807) is 69.2 Å². The van der Waals surface area contributed by atoms with Gasteiger partial charge in [-0.05, 0) is 64.7 Å². The van der Waals surface area contributed by atoms with Crippen LogP contribution in [0.4, 0.5) is 8.78 Å². The number of hydrogen-bond acceptors (Lipinski definition) is 8. The van der Waals surface area contributed by atoms with Gasteiger partial charge >= 0.3 is 17.8 Å². The fourth-order valence-electron chi connectivity index (χ4n) is 5.13. The number of nitrogens with one attached hydrogen (secondary N) is 4. The van der Waals surface area contributed by atoms with Gasteiger partial charge in [-0.3, -0.25) is 29.3 Å². The molecule has 13 nitrogen and oxygen atoms in total. The quantitative estimate of drug-likeness (QED) is 0.0915. The average Bonchev–Trinajstić information content (AvgIpc) is 2.99. The van der Waals surface area contributed by atoms with Gasteiger partial charge in [0.05, 0.1) is 12.6 Å². The number of hydrogen-bond donors (Lipinski definition) is 6. The molecular formula is C35H64F2N5O8+. The summed E-state index contributed by atoms with van der Waals surface area (Å²) in [4.78, 5) is 77.0. The SMILES string of the molecule is CCC[C@H](NC(=O)[C@@H](NC(=O)CCCC(=O)OC(C)(C)C)[C@@H](C)CC)C(=O)N[C@@H](CC(C)C)[C@@H](O)C(F)(F)C(=O)N[C@H](C(=O)[NH2+]CC)C(C)C. The molecule has 290 valence electrons. The second kappa shape index (κ2) is 21.9. The molecule has 0 bridgehead atoms. The van der Waals surface area contributed by atoms with E-state index in [9.17, 15) is 33.9 Å². The molecule has 0 aromatic rings. The topological polar surface area (TPSA) is 197 Å². The van der Waals surface area contributed by atoms with Gasteiger partial charge in [0.1, 0.15) is 29.8 Å². The summed E-state index contributed by atoms with van der Waals surface area (Å²) in [7, 11) is 0. The van der Waals surface area contributed by atoms with E-state index < -0.39 is 83.2 Å². The minimum Gasteiger partial charge on any atom is -0.460 e. The molecule has 0 aliphatic heterocycles. The summed E-state index contributed by atoms with van der Waals surface area (Å²) >= 11 is 0. The molecule has 6 atom stereocenters. The zero-order chi connectivity index (χ0) is 39.0. The van der Waals surface area contributed by atoms with Crippen molar-refractivity contribution in [1.29, 1.82) is 0 Å². The number of rotatable bonds is 22. The van der Waals surface area contributed by atoms with Gasteiger partial charge in [0, 0.05) is 12.8 Å². The molecule has 0 heterocycles. The van der Waals surface area contributed by atoms with E-state index in [1.165, 1.54) is 5.32 Å². The van der Waals surface area contributed by atoms with Gasteiger partial charge in [-0.15, -0.1) is 0 Å². The maximum atomic E-state index is 15.5. The summed E-state index contributed by atoms with van der Waals surface area (Å²) in [6.07, 6.45) is -1.59. The fourth-order valence-corrected chi connectivity index (χ4v) is 5.13. The van der Waals surface area contributed by atoms with E-state index >= 15 is 8.78 Å². The lowest BCUT2D eigenvalue weighted by Gasteiger charge is -2.33. The van der Waals surface area contributed by atoms with Gasteiger partial charge in [0.2, 0.25) is 17.7 Å². The molecule has 0 aromatic heterocycles. The van der Waals surface area contributed by atoms with Crippen LogP contribution in [0.25, 0.3) is 0 Å². The summed E-state index contributed by atoms with van der Waals surface area (Å²) in [5, 5.41) is 22.0. The Morgan fingerprint density at radius 1 is 0.820 bits per heavy atom. The van der Waals surface area contributed by atoms with Crippen molar-refractivity contribution in [2.45, 2.75) is 163 Å².